The lowest BCUT2D eigenvalue weighted by Crippen LogP contribution is -1.46. The van der Waals surface area contributed by atoms with Crippen molar-refractivity contribution in [1.82, 2.24) is 0 Å². The molecular formula is C6H10S2. The molecule has 0 N–H and O–H groups in total. The van der Waals surface area contributed by atoms with Crippen LogP contribution in [0.1, 0.15) is 6.92 Å². The molecule has 0 aliphatic carbocycles. The van der Waals surface area contributed by atoms with Crippen molar-refractivity contribution in [3.05, 3.63) is 24.1 Å². The lowest BCUT2D eigenvalue weighted by atomic mass is 10.8. The fraction of sp³-hybridized carbons (Fsp3) is 0.333. The van der Waals surface area contributed by atoms with Gasteiger partial charge in [0.15, 0.2) is 0 Å². The zero-order valence-electron chi connectivity index (χ0n) is 4.96. The molecule has 0 bridgehead atoms. The van der Waals surface area contributed by atoms with Gasteiger partial charge in [0.2, 0.25) is 0 Å². The van der Waals surface area contributed by atoms with Gasteiger partial charge in [0.05, 0.1) is 0 Å². The molecule has 0 radical (unpaired) electrons. The molecule has 0 saturated heterocycles. The molecular weight excluding hydrogens is 136 g/mol. The van der Waals surface area contributed by atoms with Crippen molar-refractivity contribution in [2.75, 3.05) is 5.75 Å². The van der Waals surface area contributed by atoms with Gasteiger partial charge in [0, 0.05) is 5.75 Å². The molecule has 2 heteroatoms. The number of rotatable bonds is 0. The molecule has 0 atom stereocenters. The van der Waals surface area contributed by atoms with Gasteiger partial charge in [-0.15, -0.1) is 6.58 Å². The molecule has 1 aliphatic heterocycles. The van der Waals surface area contributed by atoms with Crippen molar-refractivity contribution in [3.8, 4) is 0 Å². The van der Waals surface area contributed by atoms with E-state index in [-0.39, 0.29) is 0 Å². The summed E-state index contributed by atoms with van der Waals surface area (Å²) in [6, 6.07) is 0. The molecule has 0 fully saturated rings. The van der Waals surface area contributed by atoms with Crippen LogP contribution in [0.25, 0.3) is 0 Å². The number of allylic oxidation sites excluding steroid dienone is 1. The highest BCUT2D eigenvalue weighted by atomic mass is 33.1. The third-order valence-corrected chi connectivity index (χ3v) is 2.30. The van der Waals surface area contributed by atoms with Crippen LogP contribution in [0.5, 0.6) is 0 Å². The zero-order valence-corrected chi connectivity index (χ0v) is 6.60. The molecule has 0 nitrogen and oxygen atoms in total. The third-order valence-electron chi connectivity index (χ3n) is 0.384. The predicted molar refractivity (Wildman–Crippen MR) is 45.1 cm³/mol. The lowest BCUT2D eigenvalue weighted by molar-refractivity contribution is 1.80. The van der Waals surface area contributed by atoms with E-state index < -0.39 is 0 Å². The van der Waals surface area contributed by atoms with Crippen molar-refractivity contribution in [2.24, 2.45) is 0 Å². The van der Waals surface area contributed by atoms with Gasteiger partial charge >= 0.3 is 0 Å². The summed E-state index contributed by atoms with van der Waals surface area (Å²) in [5.74, 6) is 1.20. The molecule has 8 heavy (non-hydrogen) atoms. The molecule has 0 aromatic carbocycles. The van der Waals surface area contributed by atoms with Crippen LogP contribution in [0.3, 0.4) is 0 Å². The van der Waals surface area contributed by atoms with E-state index in [9.17, 15) is 0 Å². The first-order valence-electron chi connectivity index (χ1n) is 2.42. The molecule has 1 aliphatic rings. The second-order valence-electron chi connectivity index (χ2n) is 1.16. The quantitative estimate of drug-likeness (QED) is 0.380. The molecule has 0 saturated carbocycles. The monoisotopic (exact) mass is 146 g/mol. The summed E-state index contributed by atoms with van der Waals surface area (Å²) in [5.41, 5.74) is 0. The number of hydrogen-bond acceptors (Lipinski definition) is 2. The topological polar surface area (TPSA) is 0 Å². The summed E-state index contributed by atoms with van der Waals surface area (Å²) in [5, 5.41) is 2.12. The van der Waals surface area contributed by atoms with Gasteiger partial charge < -0.3 is 0 Å². The van der Waals surface area contributed by atoms with Crippen LogP contribution in [0.2, 0.25) is 0 Å². The van der Waals surface area contributed by atoms with Crippen molar-refractivity contribution in [1.29, 1.82) is 0 Å². The lowest BCUT2D eigenvalue weighted by Gasteiger charge is -1.69. The van der Waals surface area contributed by atoms with Crippen molar-refractivity contribution >= 4 is 21.6 Å². The van der Waals surface area contributed by atoms with Gasteiger partial charge in [-0.3, -0.25) is 0 Å². The van der Waals surface area contributed by atoms with Crippen molar-refractivity contribution in [3.63, 3.8) is 0 Å². The van der Waals surface area contributed by atoms with Gasteiger partial charge in [0.1, 0.15) is 0 Å². The van der Waals surface area contributed by atoms with Gasteiger partial charge in [-0.05, 0) is 12.3 Å². The van der Waals surface area contributed by atoms with Gasteiger partial charge in [-0.2, -0.15) is 0 Å². The number of hydrogen-bond donors (Lipinski definition) is 0. The van der Waals surface area contributed by atoms with E-state index in [1.807, 2.05) is 28.5 Å². The minimum Gasteiger partial charge on any atom is -0.103 e. The van der Waals surface area contributed by atoms with Crippen molar-refractivity contribution in [2.45, 2.75) is 6.92 Å². The van der Waals surface area contributed by atoms with Gasteiger partial charge in [-0.25, -0.2) is 0 Å². The first kappa shape index (κ1) is 8.18. The summed E-state index contributed by atoms with van der Waals surface area (Å²) < 4.78 is 0. The van der Waals surface area contributed by atoms with E-state index in [0.29, 0.717) is 0 Å². The van der Waals surface area contributed by atoms with Crippen LogP contribution in [-0.4, -0.2) is 5.75 Å². The van der Waals surface area contributed by atoms with Gasteiger partial charge in [0.25, 0.3) is 0 Å². The Balaban J connectivity index is 0.000000145. The Morgan fingerprint density at radius 1 is 1.75 bits per heavy atom. The fourth-order valence-corrected chi connectivity index (χ4v) is 1.77. The van der Waals surface area contributed by atoms with E-state index in [1.165, 1.54) is 5.75 Å². The molecule has 46 valence electrons. The smallest absolute Gasteiger partial charge is 0.0229 e. The first-order chi connectivity index (χ1) is 3.91. The SMILES string of the molecule is C1=CSSC1.C=CC. The largest absolute Gasteiger partial charge is 0.103 e. The Morgan fingerprint density at radius 2 is 2.38 bits per heavy atom. The summed E-state index contributed by atoms with van der Waals surface area (Å²) in [6.07, 6.45) is 3.91. The first-order valence-corrected chi connectivity index (χ1v) is 4.80. The molecule has 0 unspecified atom stereocenters. The summed E-state index contributed by atoms with van der Waals surface area (Å²) in [7, 11) is 3.69. The van der Waals surface area contributed by atoms with Crippen LogP contribution in [-0.2, 0) is 0 Å². The third kappa shape index (κ3) is 6.18. The summed E-state index contributed by atoms with van der Waals surface area (Å²) in [6.45, 7) is 5.25. The minimum absolute atomic E-state index is 1.20. The van der Waals surface area contributed by atoms with Crippen LogP contribution < -0.4 is 0 Å². The molecule has 1 heterocycles. The Bertz CT molecular complexity index is 70.6. The standard InChI is InChI=1S/C3H4S2.C3H6/c1-2-4-5-3-1;1-3-2/h1-2H,3H2;3H,1H2,2H3. The highest BCUT2D eigenvalue weighted by Gasteiger charge is 1.85. The van der Waals surface area contributed by atoms with E-state index in [2.05, 4.69) is 18.1 Å². The maximum Gasteiger partial charge on any atom is 0.0229 e. The van der Waals surface area contributed by atoms with Crippen LogP contribution >= 0.6 is 21.6 Å². The normalized spacial score (nSPS) is 14.6. The van der Waals surface area contributed by atoms with E-state index in [0.717, 1.165) is 0 Å². The minimum atomic E-state index is 1.20. The second kappa shape index (κ2) is 7.18. The second-order valence-corrected chi connectivity index (χ2v) is 3.48. The molecule has 0 aromatic rings. The molecule has 0 aromatic heterocycles. The predicted octanol–water partition coefficient (Wildman–Crippen LogP) is 3.09. The van der Waals surface area contributed by atoms with Gasteiger partial charge in [-0.1, -0.05) is 33.7 Å². The summed E-state index contributed by atoms with van der Waals surface area (Å²) in [4.78, 5) is 0. The average molecular weight is 146 g/mol. The molecule has 0 amide bonds. The fourth-order valence-electron chi connectivity index (χ4n) is 0.196. The van der Waals surface area contributed by atoms with E-state index >= 15 is 0 Å². The van der Waals surface area contributed by atoms with E-state index in [4.69, 9.17) is 0 Å². The maximum absolute atomic E-state index is 3.36. The van der Waals surface area contributed by atoms with Crippen LogP contribution in [0.15, 0.2) is 24.1 Å². The highest BCUT2D eigenvalue weighted by molar-refractivity contribution is 8.78. The van der Waals surface area contributed by atoms with Crippen molar-refractivity contribution < 1.29 is 0 Å². The molecule has 1 rings (SSSR count). The van der Waals surface area contributed by atoms with Crippen LogP contribution in [0.4, 0.5) is 0 Å². The Labute approximate surface area is 58.8 Å². The maximum atomic E-state index is 3.36. The van der Waals surface area contributed by atoms with Crippen LogP contribution in [0, 0.1) is 0 Å². The Kier molecular flexibility index (Phi) is 7.34. The average Bonchev–Trinajstić information content (AvgIpc) is 2.17. The summed E-state index contributed by atoms with van der Waals surface area (Å²) >= 11 is 0. The Morgan fingerprint density at radius 3 is 2.50 bits per heavy atom. The van der Waals surface area contributed by atoms with E-state index in [1.54, 1.807) is 6.08 Å². The zero-order chi connectivity index (χ0) is 6.24. The highest BCUT2D eigenvalue weighted by Crippen LogP contribution is 2.27. The Hall–Kier alpha value is 0.180. The molecule has 0 spiro atoms.